The predicted molar refractivity (Wildman–Crippen MR) is 172 cm³/mol. The third-order valence-corrected chi connectivity index (χ3v) is 9.36. The highest BCUT2D eigenvalue weighted by Crippen LogP contribution is 2.37. The van der Waals surface area contributed by atoms with E-state index in [-0.39, 0.29) is 29.8 Å². The van der Waals surface area contributed by atoms with Crippen molar-refractivity contribution in [2.75, 3.05) is 31.1 Å². The number of nitrogens with zero attached hydrogens (tertiary/aromatic N) is 4. The number of amides is 1. The fourth-order valence-corrected chi connectivity index (χ4v) is 6.94. The third kappa shape index (κ3) is 8.92. The zero-order valence-electron chi connectivity index (χ0n) is 25.4. The van der Waals surface area contributed by atoms with Gasteiger partial charge < -0.3 is 14.7 Å². The quantitative estimate of drug-likeness (QED) is 0.120. The second-order valence-electron chi connectivity index (χ2n) is 11.1. The number of aromatic nitrogens is 1. The van der Waals surface area contributed by atoms with Crippen LogP contribution in [0, 0.1) is 24.2 Å². The molecule has 0 saturated carbocycles. The van der Waals surface area contributed by atoms with Crippen LogP contribution >= 0.6 is 24.0 Å². The van der Waals surface area contributed by atoms with Gasteiger partial charge in [-0.25, -0.2) is 0 Å². The lowest BCUT2D eigenvalue weighted by Gasteiger charge is -2.35. The lowest BCUT2D eigenvalue weighted by Crippen LogP contribution is -2.42. The largest absolute Gasteiger partial charge is 0.481 e. The minimum absolute atomic E-state index is 0.0221. The number of ether oxygens (including phenoxy) is 1. The van der Waals surface area contributed by atoms with Crippen molar-refractivity contribution in [1.29, 1.82) is 5.26 Å². The van der Waals surface area contributed by atoms with Gasteiger partial charge >= 0.3 is 11.9 Å². The summed E-state index contributed by atoms with van der Waals surface area (Å²) in [5.74, 6) is -0.949. The Labute approximate surface area is 263 Å². The van der Waals surface area contributed by atoms with Crippen molar-refractivity contribution in [2.45, 2.75) is 84.5 Å². The van der Waals surface area contributed by atoms with Crippen LogP contribution in [0.4, 0.5) is 5.82 Å². The van der Waals surface area contributed by atoms with Crippen LogP contribution in [0.2, 0.25) is 0 Å². The highest BCUT2D eigenvalue weighted by molar-refractivity contribution is 8.26. The lowest BCUT2D eigenvalue weighted by atomic mass is 9.96. The van der Waals surface area contributed by atoms with Crippen molar-refractivity contribution in [3.05, 3.63) is 31.9 Å². The predicted octanol–water partition coefficient (Wildman–Crippen LogP) is 5.14. The molecule has 1 aromatic heterocycles. The zero-order valence-corrected chi connectivity index (χ0v) is 27.0. The SMILES string of the molecule is CCOC(=O)C1CCCN(c2c(C=C3SC(=S)N(CCCCCCCCCCC(=O)O)C3=O)c(C)c(C#N)c(=O)n2C)C1. The summed E-state index contributed by atoms with van der Waals surface area (Å²) in [6, 6.07) is 2.03. The van der Waals surface area contributed by atoms with Crippen LogP contribution in [-0.2, 0) is 26.2 Å². The minimum Gasteiger partial charge on any atom is -0.481 e. The van der Waals surface area contributed by atoms with Crippen molar-refractivity contribution in [2.24, 2.45) is 13.0 Å². The van der Waals surface area contributed by atoms with Gasteiger partial charge in [-0.15, -0.1) is 0 Å². The van der Waals surface area contributed by atoms with Gasteiger partial charge in [0, 0.05) is 38.7 Å². The summed E-state index contributed by atoms with van der Waals surface area (Å²) in [7, 11) is 1.62. The Kier molecular flexibility index (Phi) is 13.3. The van der Waals surface area contributed by atoms with Gasteiger partial charge in [-0.2, -0.15) is 5.26 Å². The fraction of sp³-hybridized carbons (Fsp3) is 0.613. The molecule has 3 heterocycles. The molecule has 1 amide bonds. The van der Waals surface area contributed by atoms with E-state index in [1.807, 2.05) is 11.0 Å². The van der Waals surface area contributed by atoms with Crippen molar-refractivity contribution in [1.82, 2.24) is 9.47 Å². The van der Waals surface area contributed by atoms with E-state index in [0.29, 0.717) is 58.8 Å². The van der Waals surface area contributed by atoms with E-state index < -0.39 is 11.5 Å². The molecule has 0 aliphatic carbocycles. The molecule has 0 radical (unpaired) electrons. The molecule has 0 spiro atoms. The molecule has 1 unspecified atom stereocenters. The number of thioether (sulfide) groups is 1. The number of anilines is 1. The molecule has 0 aromatic carbocycles. The number of carboxylic acid groups (broad SMARTS) is 1. The van der Waals surface area contributed by atoms with E-state index in [2.05, 4.69) is 0 Å². The molecule has 0 bridgehead atoms. The number of hydrogen-bond acceptors (Lipinski definition) is 9. The molecule has 2 aliphatic rings. The van der Waals surface area contributed by atoms with Gasteiger partial charge in [0.2, 0.25) is 0 Å². The second-order valence-corrected chi connectivity index (χ2v) is 12.7. The van der Waals surface area contributed by atoms with Crippen molar-refractivity contribution >= 4 is 58.0 Å². The Morgan fingerprint density at radius 2 is 1.79 bits per heavy atom. The summed E-state index contributed by atoms with van der Waals surface area (Å²) in [6.45, 7) is 5.31. The number of hydrogen-bond donors (Lipinski definition) is 1. The highest BCUT2D eigenvalue weighted by atomic mass is 32.2. The van der Waals surface area contributed by atoms with Crippen LogP contribution in [0.25, 0.3) is 6.08 Å². The number of carbonyl (C=O) groups excluding carboxylic acids is 2. The number of piperidine rings is 1. The van der Waals surface area contributed by atoms with Crippen molar-refractivity contribution < 1.29 is 24.2 Å². The van der Waals surface area contributed by atoms with E-state index in [1.54, 1.807) is 31.9 Å². The maximum Gasteiger partial charge on any atom is 0.310 e. The summed E-state index contributed by atoms with van der Waals surface area (Å²) in [5, 5.41) is 18.5. The number of nitriles is 1. The number of rotatable bonds is 15. The van der Waals surface area contributed by atoms with Gasteiger partial charge in [-0.3, -0.25) is 28.6 Å². The van der Waals surface area contributed by atoms with Crippen LogP contribution in [0.1, 0.15) is 94.2 Å². The molecular weight excluding hydrogens is 588 g/mol. The molecule has 2 fully saturated rings. The van der Waals surface area contributed by atoms with Gasteiger partial charge in [-0.05, 0) is 51.2 Å². The number of carboxylic acids is 1. The number of thiocarbonyl (C=S) groups is 1. The van der Waals surface area contributed by atoms with Crippen LogP contribution in [0.15, 0.2) is 9.70 Å². The molecule has 1 aromatic rings. The average molecular weight is 631 g/mol. The molecule has 234 valence electrons. The number of carbonyl (C=O) groups is 3. The molecular formula is C31H42N4O6S2. The van der Waals surface area contributed by atoms with Crippen molar-refractivity contribution in [3.63, 3.8) is 0 Å². The second kappa shape index (κ2) is 16.6. The van der Waals surface area contributed by atoms with E-state index in [9.17, 15) is 24.4 Å². The molecule has 43 heavy (non-hydrogen) atoms. The minimum atomic E-state index is -0.742. The first-order valence-electron chi connectivity index (χ1n) is 15.1. The summed E-state index contributed by atoms with van der Waals surface area (Å²) >= 11 is 6.78. The maximum atomic E-state index is 13.5. The zero-order chi connectivity index (χ0) is 31.5. The van der Waals surface area contributed by atoms with Gasteiger partial charge in [0.1, 0.15) is 21.8 Å². The monoisotopic (exact) mass is 630 g/mol. The highest BCUT2D eigenvalue weighted by Gasteiger charge is 2.34. The van der Waals surface area contributed by atoms with Crippen LogP contribution in [-0.4, -0.2) is 63.0 Å². The summed E-state index contributed by atoms with van der Waals surface area (Å²) < 4.78 is 7.19. The topological polar surface area (TPSA) is 133 Å². The standard InChI is InChI=1S/C31H42N4O6S2/c1-4-41-30(40)22-14-13-16-34(20-22)27-23(21(2)24(19-32)28(38)33(27)3)18-25-29(39)35(31(42)43-25)17-12-10-8-6-5-7-9-11-15-26(36)37/h18,22H,4-17,20H2,1-3H3,(H,36,37). The van der Waals surface area contributed by atoms with Gasteiger partial charge in [0.05, 0.1) is 17.4 Å². The Balaban J connectivity index is 1.72. The van der Waals surface area contributed by atoms with Crippen molar-refractivity contribution in [3.8, 4) is 6.07 Å². The number of unbranched alkanes of at least 4 members (excludes halogenated alkanes) is 7. The van der Waals surface area contributed by atoms with E-state index in [4.69, 9.17) is 22.1 Å². The normalized spacial score (nSPS) is 17.9. The first-order valence-corrected chi connectivity index (χ1v) is 16.4. The molecule has 1 atom stereocenters. The number of pyridine rings is 1. The third-order valence-electron chi connectivity index (χ3n) is 7.98. The van der Waals surface area contributed by atoms with E-state index >= 15 is 0 Å². The lowest BCUT2D eigenvalue weighted by molar-refractivity contribution is -0.148. The van der Waals surface area contributed by atoms with E-state index in [1.165, 1.54) is 16.3 Å². The molecule has 2 aliphatic heterocycles. The smallest absolute Gasteiger partial charge is 0.310 e. The molecule has 1 N–H and O–H groups in total. The van der Waals surface area contributed by atoms with Crippen LogP contribution in [0.5, 0.6) is 0 Å². The summed E-state index contributed by atoms with van der Waals surface area (Å²) in [4.78, 5) is 53.7. The van der Waals surface area contributed by atoms with Crippen LogP contribution in [0.3, 0.4) is 0 Å². The Morgan fingerprint density at radius 1 is 1.14 bits per heavy atom. The van der Waals surface area contributed by atoms with Crippen LogP contribution < -0.4 is 10.5 Å². The van der Waals surface area contributed by atoms with Gasteiger partial charge in [-0.1, -0.05) is 62.5 Å². The maximum absolute atomic E-state index is 13.5. The Bertz CT molecular complexity index is 1350. The average Bonchev–Trinajstić information content (AvgIpc) is 3.24. The Hall–Kier alpha value is -3.17. The first kappa shape index (κ1) is 34.3. The molecule has 3 rings (SSSR count). The van der Waals surface area contributed by atoms with Gasteiger partial charge in [0.25, 0.3) is 11.5 Å². The molecule has 10 nitrogen and oxygen atoms in total. The number of aliphatic carboxylic acids is 1. The fourth-order valence-electron chi connectivity index (χ4n) is 5.65. The van der Waals surface area contributed by atoms with E-state index in [0.717, 1.165) is 57.8 Å². The molecule has 2 saturated heterocycles. The first-order chi connectivity index (χ1) is 20.6. The Morgan fingerprint density at radius 3 is 2.42 bits per heavy atom. The molecule has 12 heteroatoms. The summed E-state index contributed by atoms with van der Waals surface area (Å²) in [6.07, 6.45) is 11.1. The number of esters is 1. The van der Waals surface area contributed by atoms with Gasteiger partial charge in [0.15, 0.2) is 0 Å². The summed E-state index contributed by atoms with van der Waals surface area (Å²) in [5.41, 5.74) is 0.700.